The highest BCUT2D eigenvalue weighted by molar-refractivity contribution is 5.32. The van der Waals surface area contributed by atoms with Crippen LogP contribution in [-0.2, 0) is 6.42 Å². The lowest BCUT2D eigenvalue weighted by molar-refractivity contribution is 0.739. The molecular weight excluding hydrogens is 184 g/mol. The molecule has 0 N–H and O–H groups in total. The number of unbranched alkanes of at least 4 members (excludes halogenated alkanes) is 1. The van der Waals surface area contributed by atoms with Gasteiger partial charge in [0.2, 0.25) is 0 Å². The van der Waals surface area contributed by atoms with E-state index in [-0.39, 0.29) is 0 Å². The second-order valence-corrected chi connectivity index (χ2v) is 3.65. The number of hydrogen-bond acceptors (Lipinski definition) is 1. The van der Waals surface area contributed by atoms with Crippen LogP contribution in [0.1, 0.15) is 25.6 Å². The molecule has 0 aliphatic heterocycles. The van der Waals surface area contributed by atoms with Crippen LogP contribution in [0.4, 0.5) is 0 Å². The van der Waals surface area contributed by atoms with Crippen molar-refractivity contribution in [3.63, 3.8) is 0 Å². The minimum Gasteiger partial charge on any atom is -0.304 e. The fourth-order valence-electron chi connectivity index (χ4n) is 1.68. The molecule has 0 bridgehead atoms. The first-order valence-corrected chi connectivity index (χ1v) is 5.49. The molecule has 0 unspecified atom stereocenters. The maximum Gasteiger partial charge on any atom is 0.113 e. The van der Waals surface area contributed by atoms with Crippen LogP contribution in [0.15, 0.2) is 42.7 Å². The molecule has 0 fully saturated rings. The Morgan fingerprint density at radius 2 is 2.00 bits per heavy atom. The van der Waals surface area contributed by atoms with Gasteiger partial charge in [-0.05, 0) is 18.6 Å². The molecule has 0 aliphatic carbocycles. The summed E-state index contributed by atoms with van der Waals surface area (Å²) < 4.78 is 2.16. The number of imidazole rings is 1. The van der Waals surface area contributed by atoms with Crippen LogP contribution in [0, 0.1) is 0 Å². The molecular formula is C13H16N2. The molecule has 0 aliphatic rings. The number of rotatable bonds is 4. The summed E-state index contributed by atoms with van der Waals surface area (Å²) in [7, 11) is 0. The number of nitrogens with zero attached hydrogens (tertiary/aromatic N) is 2. The van der Waals surface area contributed by atoms with Crippen LogP contribution < -0.4 is 0 Å². The quantitative estimate of drug-likeness (QED) is 0.741. The van der Waals surface area contributed by atoms with Crippen molar-refractivity contribution in [2.24, 2.45) is 0 Å². The van der Waals surface area contributed by atoms with Crippen molar-refractivity contribution in [2.75, 3.05) is 0 Å². The Morgan fingerprint density at radius 1 is 1.20 bits per heavy atom. The highest BCUT2D eigenvalue weighted by Gasteiger charge is 2.02. The number of aryl methyl sites for hydroxylation is 1. The zero-order valence-electron chi connectivity index (χ0n) is 9.06. The van der Waals surface area contributed by atoms with Crippen molar-refractivity contribution in [3.05, 3.63) is 48.5 Å². The molecule has 78 valence electrons. The number of hydrogen-bond donors (Lipinski definition) is 0. The fourth-order valence-corrected chi connectivity index (χ4v) is 1.68. The van der Waals surface area contributed by atoms with Gasteiger partial charge in [0, 0.05) is 24.5 Å². The van der Waals surface area contributed by atoms with E-state index in [1.165, 1.54) is 18.5 Å². The smallest absolute Gasteiger partial charge is 0.113 e. The molecule has 1 heterocycles. The summed E-state index contributed by atoms with van der Waals surface area (Å²) in [5.74, 6) is 1.16. The van der Waals surface area contributed by atoms with Crippen molar-refractivity contribution in [1.29, 1.82) is 0 Å². The van der Waals surface area contributed by atoms with Crippen LogP contribution in [0.5, 0.6) is 0 Å². The molecule has 2 heteroatoms. The lowest BCUT2D eigenvalue weighted by Crippen LogP contribution is -2.00. The molecule has 15 heavy (non-hydrogen) atoms. The van der Waals surface area contributed by atoms with Gasteiger partial charge in [0.15, 0.2) is 0 Å². The van der Waals surface area contributed by atoms with Crippen LogP contribution in [0.2, 0.25) is 0 Å². The molecule has 2 rings (SSSR count). The minimum atomic E-state index is 1.05. The van der Waals surface area contributed by atoms with Crippen molar-refractivity contribution < 1.29 is 0 Å². The summed E-state index contributed by atoms with van der Waals surface area (Å²) in [6.45, 7) is 2.20. The number of benzene rings is 1. The second-order valence-electron chi connectivity index (χ2n) is 3.65. The lowest BCUT2D eigenvalue weighted by Gasteiger charge is -2.06. The van der Waals surface area contributed by atoms with E-state index < -0.39 is 0 Å². The first-order valence-electron chi connectivity index (χ1n) is 5.49. The van der Waals surface area contributed by atoms with Gasteiger partial charge in [-0.1, -0.05) is 31.5 Å². The average Bonchev–Trinajstić information content (AvgIpc) is 2.75. The van der Waals surface area contributed by atoms with Crippen molar-refractivity contribution >= 4 is 0 Å². The first-order chi connectivity index (χ1) is 7.42. The molecule has 0 amide bonds. The number of para-hydroxylation sites is 1. The molecule has 1 aromatic heterocycles. The van der Waals surface area contributed by atoms with Crippen LogP contribution in [-0.4, -0.2) is 9.55 Å². The lowest BCUT2D eigenvalue weighted by atomic mass is 10.2. The molecule has 0 atom stereocenters. The zero-order chi connectivity index (χ0) is 10.5. The summed E-state index contributed by atoms with van der Waals surface area (Å²) >= 11 is 0. The van der Waals surface area contributed by atoms with Crippen LogP contribution in [0.3, 0.4) is 0 Å². The number of aromatic nitrogens is 2. The van der Waals surface area contributed by atoms with Gasteiger partial charge in [0.25, 0.3) is 0 Å². The summed E-state index contributed by atoms with van der Waals surface area (Å²) in [6.07, 6.45) is 7.36. The summed E-state index contributed by atoms with van der Waals surface area (Å²) in [6, 6.07) is 10.4. The summed E-state index contributed by atoms with van der Waals surface area (Å²) in [5, 5.41) is 0. The molecule has 2 nitrogen and oxygen atoms in total. The standard InChI is InChI=1S/C13H16N2/c1-2-3-9-13-14-10-11-15(13)12-7-5-4-6-8-12/h4-8,10-11H,2-3,9H2,1H3. The van der Waals surface area contributed by atoms with E-state index in [1.54, 1.807) is 0 Å². The Hall–Kier alpha value is -1.57. The largest absolute Gasteiger partial charge is 0.304 e. The van der Waals surface area contributed by atoms with Gasteiger partial charge in [-0.2, -0.15) is 0 Å². The van der Waals surface area contributed by atoms with E-state index in [2.05, 4.69) is 40.7 Å². The van der Waals surface area contributed by atoms with Crippen molar-refractivity contribution in [3.8, 4) is 5.69 Å². The van der Waals surface area contributed by atoms with Gasteiger partial charge >= 0.3 is 0 Å². The van der Waals surface area contributed by atoms with Gasteiger partial charge < -0.3 is 4.57 Å². The van der Waals surface area contributed by atoms with E-state index in [0.29, 0.717) is 0 Å². The van der Waals surface area contributed by atoms with Gasteiger partial charge in [0.05, 0.1) is 0 Å². The second kappa shape index (κ2) is 4.78. The van der Waals surface area contributed by atoms with E-state index in [1.807, 2.05) is 18.5 Å². The van der Waals surface area contributed by atoms with Crippen molar-refractivity contribution in [1.82, 2.24) is 9.55 Å². The van der Waals surface area contributed by atoms with E-state index in [0.717, 1.165) is 12.2 Å². The summed E-state index contributed by atoms with van der Waals surface area (Å²) in [5.41, 5.74) is 1.20. The third-order valence-electron chi connectivity index (χ3n) is 2.51. The predicted octanol–water partition coefficient (Wildman–Crippen LogP) is 3.21. The molecule has 0 saturated heterocycles. The van der Waals surface area contributed by atoms with Gasteiger partial charge in [-0.15, -0.1) is 0 Å². The minimum absolute atomic E-state index is 1.05. The molecule has 0 saturated carbocycles. The third-order valence-corrected chi connectivity index (χ3v) is 2.51. The highest BCUT2D eigenvalue weighted by atomic mass is 15.1. The Morgan fingerprint density at radius 3 is 2.73 bits per heavy atom. The van der Waals surface area contributed by atoms with E-state index in [4.69, 9.17) is 0 Å². The fraction of sp³-hybridized carbons (Fsp3) is 0.308. The Labute approximate surface area is 90.6 Å². The highest BCUT2D eigenvalue weighted by Crippen LogP contribution is 2.11. The van der Waals surface area contributed by atoms with Crippen LogP contribution in [0.25, 0.3) is 5.69 Å². The molecule has 0 spiro atoms. The maximum absolute atomic E-state index is 4.39. The van der Waals surface area contributed by atoms with Gasteiger partial charge in [-0.25, -0.2) is 4.98 Å². The topological polar surface area (TPSA) is 17.8 Å². The Bertz CT molecular complexity index is 403. The van der Waals surface area contributed by atoms with Gasteiger partial charge in [0.1, 0.15) is 5.82 Å². The zero-order valence-corrected chi connectivity index (χ0v) is 9.06. The maximum atomic E-state index is 4.39. The Balaban J connectivity index is 2.25. The normalized spacial score (nSPS) is 10.5. The SMILES string of the molecule is CCCCc1nccn1-c1ccccc1. The van der Waals surface area contributed by atoms with Gasteiger partial charge in [-0.3, -0.25) is 0 Å². The van der Waals surface area contributed by atoms with E-state index in [9.17, 15) is 0 Å². The third kappa shape index (κ3) is 2.27. The average molecular weight is 200 g/mol. The monoisotopic (exact) mass is 200 g/mol. The molecule has 1 aromatic carbocycles. The van der Waals surface area contributed by atoms with Crippen LogP contribution >= 0.6 is 0 Å². The first kappa shape index (κ1) is 9.97. The molecule has 0 radical (unpaired) electrons. The molecule has 2 aromatic rings. The van der Waals surface area contributed by atoms with Crippen molar-refractivity contribution in [2.45, 2.75) is 26.2 Å². The summed E-state index contributed by atoms with van der Waals surface area (Å²) in [4.78, 5) is 4.39. The Kier molecular flexibility index (Phi) is 3.18. The van der Waals surface area contributed by atoms with E-state index >= 15 is 0 Å². The predicted molar refractivity (Wildman–Crippen MR) is 62.2 cm³/mol.